The van der Waals surface area contributed by atoms with Crippen LogP contribution in [0.15, 0.2) is 48.5 Å². The molecule has 0 atom stereocenters. The molecular weight excluding hydrogens is 422 g/mol. The molecular formula is C21H19N3O4S2. The number of carbonyl (C=O) groups is 1. The van der Waals surface area contributed by atoms with Gasteiger partial charge in [0.15, 0.2) is 5.13 Å². The van der Waals surface area contributed by atoms with Crippen molar-refractivity contribution in [2.75, 3.05) is 18.1 Å². The molecule has 2 aliphatic rings. The zero-order chi connectivity index (χ0) is 20.9. The minimum atomic E-state index is -3.26. The number of benzene rings is 2. The number of thiazole rings is 1. The number of aromatic nitrogens is 1. The first-order chi connectivity index (χ1) is 14.4. The van der Waals surface area contributed by atoms with Gasteiger partial charge in [0.1, 0.15) is 11.5 Å². The second kappa shape index (κ2) is 7.19. The molecule has 154 valence electrons. The van der Waals surface area contributed by atoms with Crippen molar-refractivity contribution in [3.63, 3.8) is 0 Å². The van der Waals surface area contributed by atoms with Gasteiger partial charge in [0.05, 0.1) is 17.9 Å². The number of hydrogen-bond acceptors (Lipinski definition) is 6. The molecule has 30 heavy (non-hydrogen) atoms. The largest absolute Gasteiger partial charge is 0.457 e. The van der Waals surface area contributed by atoms with E-state index in [-0.39, 0.29) is 5.91 Å². The van der Waals surface area contributed by atoms with Crippen molar-refractivity contribution in [1.29, 1.82) is 0 Å². The minimum absolute atomic E-state index is 0.190. The summed E-state index contributed by atoms with van der Waals surface area (Å²) in [5, 5.41) is 3.44. The maximum absolute atomic E-state index is 13.3. The maximum Gasteiger partial charge on any atom is 0.238 e. The molecule has 0 bridgehead atoms. The number of sulfonamides is 1. The molecule has 0 saturated heterocycles. The lowest BCUT2D eigenvalue weighted by atomic mass is 9.87. The van der Waals surface area contributed by atoms with Crippen LogP contribution in [0.2, 0.25) is 0 Å². The third-order valence-electron chi connectivity index (χ3n) is 5.34. The van der Waals surface area contributed by atoms with Gasteiger partial charge in [0.2, 0.25) is 15.9 Å². The predicted molar refractivity (Wildman–Crippen MR) is 115 cm³/mol. The molecule has 9 heteroatoms. The molecule has 5 rings (SSSR count). The van der Waals surface area contributed by atoms with E-state index < -0.39 is 15.9 Å². The van der Waals surface area contributed by atoms with E-state index in [0.29, 0.717) is 36.1 Å². The Bertz CT molecular complexity index is 1210. The lowest BCUT2D eigenvalue weighted by Crippen LogP contribution is -2.34. The molecule has 3 aromatic rings. The number of fused-ring (bicyclic) bond motifs is 3. The lowest BCUT2D eigenvalue weighted by Gasteiger charge is -2.27. The lowest BCUT2D eigenvalue weighted by molar-refractivity contribution is -0.116. The second-order valence-corrected chi connectivity index (χ2v) is 10.4. The summed E-state index contributed by atoms with van der Waals surface area (Å²) in [6, 6.07) is 15.0. The number of para-hydroxylation sites is 2. The first-order valence-electron chi connectivity index (χ1n) is 9.50. The number of nitrogens with zero attached hydrogens (tertiary/aromatic N) is 2. The smallest absolute Gasteiger partial charge is 0.238 e. The molecule has 1 aromatic heterocycles. The van der Waals surface area contributed by atoms with Crippen molar-refractivity contribution >= 4 is 32.4 Å². The Morgan fingerprint density at radius 3 is 2.40 bits per heavy atom. The van der Waals surface area contributed by atoms with Gasteiger partial charge in [0, 0.05) is 35.5 Å². The van der Waals surface area contributed by atoms with Crippen molar-refractivity contribution in [3.8, 4) is 11.5 Å². The van der Waals surface area contributed by atoms with Gasteiger partial charge in [-0.05, 0) is 12.1 Å². The van der Waals surface area contributed by atoms with Crippen molar-refractivity contribution in [2.24, 2.45) is 0 Å². The van der Waals surface area contributed by atoms with Gasteiger partial charge in [-0.3, -0.25) is 4.79 Å². The Hall–Kier alpha value is -2.75. The van der Waals surface area contributed by atoms with Gasteiger partial charge < -0.3 is 10.1 Å². The van der Waals surface area contributed by atoms with E-state index in [4.69, 9.17) is 4.74 Å². The molecule has 0 radical (unpaired) electrons. The molecule has 0 aliphatic carbocycles. The highest BCUT2D eigenvalue weighted by Gasteiger charge is 2.33. The summed E-state index contributed by atoms with van der Waals surface area (Å²) in [6.45, 7) is 0.703. The van der Waals surface area contributed by atoms with Crippen molar-refractivity contribution in [3.05, 3.63) is 70.2 Å². The normalized spacial score (nSPS) is 16.2. The number of anilines is 1. The van der Waals surface area contributed by atoms with Crippen LogP contribution in [0.4, 0.5) is 5.13 Å². The van der Waals surface area contributed by atoms with E-state index in [9.17, 15) is 13.2 Å². The number of carbonyl (C=O) groups excluding carboxylic acids is 1. The molecule has 1 amide bonds. The monoisotopic (exact) mass is 441 g/mol. The Morgan fingerprint density at radius 1 is 1.13 bits per heavy atom. The SMILES string of the molecule is CS(=O)(=O)N1CCc2nc(NC(=O)C3c4ccccc4Oc4ccccc43)sc2C1. The Morgan fingerprint density at radius 2 is 1.77 bits per heavy atom. The van der Waals surface area contributed by atoms with Crippen LogP contribution in [0, 0.1) is 0 Å². The van der Waals surface area contributed by atoms with Crippen LogP contribution < -0.4 is 10.1 Å². The molecule has 0 fully saturated rings. The molecule has 2 aliphatic heterocycles. The van der Waals surface area contributed by atoms with Crippen LogP contribution in [0.3, 0.4) is 0 Å². The fourth-order valence-corrected chi connectivity index (χ4v) is 5.77. The van der Waals surface area contributed by atoms with E-state index in [2.05, 4.69) is 10.3 Å². The summed E-state index contributed by atoms with van der Waals surface area (Å²) in [7, 11) is -3.26. The summed E-state index contributed by atoms with van der Waals surface area (Å²) in [4.78, 5) is 18.7. The van der Waals surface area contributed by atoms with Gasteiger partial charge in [-0.2, -0.15) is 4.31 Å². The predicted octanol–water partition coefficient (Wildman–Crippen LogP) is 3.34. The highest BCUT2D eigenvalue weighted by molar-refractivity contribution is 7.88. The molecule has 1 N–H and O–H groups in total. The summed E-state index contributed by atoms with van der Waals surface area (Å²) in [6.07, 6.45) is 1.75. The van der Waals surface area contributed by atoms with Crippen LogP contribution in [-0.4, -0.2) is 36.4 Å². The van der Waals surface area contributed by atoms with E-state index in [1.165, 1.54) is 21.9 Å². The second-order valence-electron chi connectivity index (χ2n) is 7.34. The number of ether oxygens (including phenoxy) is 1. The fourth-order valence-electron chi connectivity index (χ4n) is 3.88. The Balaban J connectivity index is 1.44. The standard InChI is InChI=1S/C21H19N3O4S2/c1-30(26,27)24-11-10-15-18(12-24)29-21(22-15)23-20(25)19-13-6-2-4-8-16(13)28-17-9-5-3-7-14(17)19/h2-9,19H,10-12H2,1H3,(H,22,23,25). The highest BCUT2D eigenvalue weighted by Crippen LogP contribution is 2.44. The van der Waals surface area contributed by atoms with Crippen LogP contribution in [0.25, 0.3) is 0 Å². The van der Waals surface area contributed by atoms with Crippen molar-refractivity contribution in [1.82, 2.24) is 9.29 Å². The average Bonchev–Trinajstić information content (AvgIpc) is 3.12. The van der Waals surface area contributed by atoms with Gasteiger partial charge >= 0.3 is 0 Å². The summed E-state index contributed by atoms with van der Waals surface area (Å²) in [5.74, 6) is 0.626. The first-order valence-corrected chi connectivity index (χ1v) is 12.2. The highest BCUT2D eigenvalue weighted by atomic mass is 32.2. The average molecular weight is 442 g/mol. The quantitative estimate of drug-likeness (QED) is 0.674. The summed E-state index contributed by atoms with van der Waals surface area (Å²) in [5.41, 5.74) is 2.46. The topological polar surface area (TPSA) is 88.6 Å². The number of nitrogens with one attached hydrogen (secondary N) is 1. The molecule has 7 nitrogen and oxygen atoms in total. The fraction of sp³-hybridized carbons (Fsp3) is 0.238. The summed E-state index contributed by atoms with van der Waals surface area (Å²) >= 11 is 1.33. The minimum Gasteiger partial charge on any atom is -0.457 e. The third-order valence-corrected chi connectivity index (χ3v) is 7.59. The van der Waals surface area contributed by atoms with E-state index >= 15 is 0 Å². The molecule has 0 saturated carbocycles. The molecule has 3 heterocycles. The van der Waals surface area contributed by atoms with Crippen LogP contribution in [0.1, 0.15) is 27.6 Å². The Kier molecular flexibility index (Phi) is 4.61. The summed E-state index contributed by atoms with van der Waals surface area (Å²) < 4.78 is 31.1. The first kappa shape index (κ1) is 19.2. The van der Waals surface area contributed by atoms with Gasteiger partial charge in [-0.15, -0.1) is 11.3 Å². The van der Waals surface area contributed by atoms with E-state index in [1.54, 1.807) is 0 Å². The van der Waals surface area contributed by atoms with Crippen molar-refractivity contribution in [2.45, 2.75) is 18.9 Å². The number of rotatable bonds is 3. The van der Waals surface area contributed by atoms with E-state index in [0.717, 1.165) is 21.7 Å². The van der Waals surface area contributed by atoms with Crippen LogP contribution in [-0.2, 0) is 27.8 Å². The number of hydrogen-bond donors (Lipinski definition) is 1. The van der Waals surface area contributed by atoms with Crippen LogP contribution >= 0.6 is 11.3 Å². The zero-order valence-corrected chi connectivity index (χ0v) is 17.8. The molecule has 2 aromatic carbocycles. The maximum atomic E-state index is 13.3. The third kappa shape index (κ3) is 3.38. The zero-order valence-electron chi connectivity index (χ0n) is 16.2. The van der Waals surface area contributed by atoms with Gasteiger partial charge in [-0.25, -0.2) is 13.4 Å². The van der Waals surface area contributed by atoms with Crippen LogP contribution in [0.5, 0.6) is 11.5 Å². The van der Waals surface area contributed by atoms with Crippen molar-refractivity contribution < 1.29 is 17.9 Å². The van der Waals surface area contributed by atoms with Gasteiger partial charge in [0.25, 0.3) is 0 Å². The van der Waals surface area contributed by atoms with Gasteiger partial charge in [-0.1, -0.05) is 36.4 Å². The number of amides is 1. The Labute approximate surface area is 178 Å². The van der Waals surface area contributed by atoms with E-state index in [1.807, 2.05) is 48.5 Å². The molecule has 0 unspecified atom stereocenters. The molecule has 0 spiro atoms.